The SMILES string of the molecule is COc1ccc2c(c1)C(=O)N(CCCCN1CCC=C(c3ccccn3)C1)C(C)=CO2. The van der Waals surface area contributed by atoms with E-state index in [1.165, 1.54) is 5.57 Å². The van der Waals surface area contributed by atoms with Gasteiger partial charge in [-0.1, -0.05) is 12.1 Å². The first-order valence-corrected chi connectivity index (χ1v) is 10.8. The van der Waals surface area contributed by atoms with Crippen LogP contribution >= 0.6 is 0 Å². The van der Waals surface area contributed by atoms with E-state index < -0.39 is 0 Å². The lowest BCUT2D eigenvalue weighted by molar-refractivity contribution is 0.0804. The lowest BCUT2D eigenvalue weighted by Gasteiger charge is -2.27. The van der Waals surface area contributed by atoms with Crippen molar-refractivity contribution in [2.24, 2.45) is 0 Å². The molecule has 1 aromatic heterocycles. The topological polar surface area (TPSA) is 54.9 Å². The van der Waals surface area contributed by atoms with Crippen LogP contribution < -0.4 is 9.47 Å². The van der Waals surface area contributed by atoms with Crippen LogP contribution in [0.5, 0.6) is 11.5 Å². The van der Waals surface area contributed by atoms with E-state index in [2.05, 4.69) is 22.0 Å². The number of rotatable bonds is 7. The summed E-state index contributed by atoms with van der Waals surface area (Å²) in [5, 5.41) is 0. The summed E-state index contributed by atoms with van der Waals surface area (Å²) in [6.45, 7) is 5.59. The predicted octanol–water partition coefficient (Wildman–Crippen LogP) is 4.36. The van der Waals surface area contributed by atoms with Crippen LogP contribution in [0.1, 0.15) is 42.2 Å². The highest BCUT2D eigenvalue weighted by molar-refractivity contribution is 5.98. The molecule has 0 radical (unpaired) electrons. The molecule has 0 aliphatic carbocycles. The Hall–Kier alpha value is -3.12. The second kappa shape index (κ2) is 9.79. The minimum Gasteiger partial charge on any atom is -0.497 e. The molecule has 0 saturated heterocycles. The van der Waals surface area contributed by atoms with Crippen molar-refractivity contribution < 1.29 is 14.3 Å². The fourth-order valence-electron chi connectivity index (χ4n) is 4.04. The number of fused-ring (bicyclic) bond motifs is 1. The Morgan fingerprint density at radius 1 is 1.16 bits per heavy atom. The van der Waals surface area contributed by atoms with Crippen molar-refractivity contribution in [2.45, 2.75) is 26.2 Å². The van der Waals surface area contributed by atoms with Gasteiger partial charge in [-0.3, -0.25) is 14.7 Å². The molecule has 0 atom stereocenters. The number of nitrogens with zero attached hydrogens (tertiary/aromatic N) is 3. The van der Waals surface area contributed by atoms with Gasteiger partial charge in [0.15, 0.2) is 0 Å². The quantitative estimate of drug-likeness (QED) is 0.625. The Morgan fingerprint density at radius 3 is 2.84 bits per heavy atom. The van der Waals surface area contributed by atoms with E-state index >= 15 is 0 Å². The fourth-order valence-corrected chi connectivity index (χ4v) is 4.04. The van der Waals surface area contributed by atoms with Gasteiger partial charge in [0.05, 0.1) is 24.1 Å². The Bertz CT molecular complexity index is 985. The van der Waals surface area contributed by atoms with Crippen LogP contribution in [0.2, 0.25) is 0 Å². The molecule has 0 saturated carbocycles. The van der Waals surface area contributed by atoms with Gasteiger partial charge in [0.25, 0.3) is 5.91 Å². The number of allylic oxidation sites excluding steroid dienone is 1. The Morgan fingerprint density at radius 2 is 2.03 bits per heavy atom. The third-order valence-electron chi connectivity index (χ3n) is 5.77. The molecule has 1 amide bonds. The van der Waals surface area contributed by atoms with Gasteiger partial charge in [0.2, 0.25) is 0 Å². The van der Waals surface area contributed by atoms with Crippen LogP contribution in [0.4, 0.5) is 0 Å². The van der Waals surface area contributed by atoms with Crippen LogP contribution in [-0.4, -0.2) is 54.0 Å². The minimum atomic E-state index is -0.0431. The van der Waals surface area contributed by atoms with Gasteiger partial charge in [-0.2, -0.15) is 0 Å². The molecule has 3 heterocycles. The summed E-state index contributed by atoms with van der Waals surface area (Å²) in [7, 11) is 1.60. The molecule has 2 aliphatic heterocycles. The van der Waals surface area contributed by atoms with E-state index in [0.29, 0.717) is 23.6 Å². The maximum Gasteiger partial charge on any atom is 0.262 e. The second-order valence-electron chi connectivity index (χ2n) is 7.91. The standard InChI is InChI=1S/C25H29N3O3/c1-19-18-31-24-11-10-21(30-2)16-22(24)25(29)28(19)15-6-5-13-27-14-7-8-20(17-27)23-9-3-4-12-26-23/h3-4,8-12,16,18H,5-7,13-15,17H2,1-2H3. The van der Waals surface area contributed by atoms with Crippen LogP contribution in [0, 0.1) is 0 Å². The highest BCUT2D eigenvalue weighted by atomic mass is 16.5. The third kappa shape index (κ3) is 4.97. The maximum absolute atomic E-state index is 13.1. The first kappa shape index (κ1) is 21.1. The van der Waals surface area contributed by atoms with E-state index in [9.17, 15) is 4.79 Å². The van der Waals surface area contributed by atoms with Gasteiger partial charge < -0.3 is 14.4 Å². The van der Waals surface area contributed by atoms with Crippen molar-refractivity contribution in [1.82, 2.24) is 14.8 Å². The molecule has 0 bridgehead atoms. The highest BCUT2D eigenvalue weighted by Crippen LogP contribution is 2.29. The maximum atomic E-state index is 13.1. The average molecular weight is 420 g/mol. The first-order chi connectivity index (χ1) is 15.2. The van der Waals surface area contributed by atoms with Gasteiger partial charge in [-0.15, -0.1) is 0 Å². The molecule has 6 heteroatoms. The molecule has 0 unspecified atom stereocenters. The molecule has 1 aromatic carbocycles. The van der Waals surface area contributed by atoms with Crippen molar-refractivity contribution in [3.8, 4) is 11.5 Å². The number of aromatic nitrogens is 1. The van der Waals surface area contributed by atoms with Crippen molar-refractivity contribution in [2.75, 3.05) is 33.3 Å². The number of ether oxygens (including phenoxy) is 2. The van der Waals surface area contributed by atoms with E-state index in [4.69, 9.17) is 9.47 Å². The molecule has 31 heavy (non-hydrogen) atoms. The zero-order chi connectivity index (χ0) is 21.6. The van der Waals surface area contributed by atoms with Crippen LogP contribution in [0.15, 0.2) is 60.6 Å². The molecular weight excluding hydrogens is 390 g/mol. The summed E-state index contributed by atoms with van der Waals surface area (Å²) in [4.78, 5) is 21.9. The number of hydrogen-bond acceptors (Lipinski definition) is 5. The number of amides is 1. The summed E-state index contributed by atoms with van der Waals surface area (Å²) < 4.78 is 11.0. The van der Waals surface area contributed by atoms with Crippen molar-refractivity contribution >= 4 is 11.5 Å². The Labute approximate surface area is 183 Å². The average Bonchev–Trinajstić information content (AvgIpc) is 2.93. The zero-order valence-electron chi connectivity index (χ0n) is 18.2. The summed E-state index contributed by atoms with van der Waals surface area (Å²) in [5.41, 5.74) is 3.72. The van der Waals surface area contributed by atoms with Crippen molar-refractivity contribution in [3.05, 3.63) is 71.9 Å². The fraction of sp³-hybridized carbons (Fsp3) is 0.360. The summed E-state index contributed by atoms with van der Waals surface area (Å²) in [6, 6.07) is 11.4. The van der Waals surface area contributed by atoms with Crippen molar-refractivity contribution in [1.29, 1.82) is 0 Å². The Kier molecular flexibility index (Phi) is 6.67. The number of methoxy groups -OCH3 is 1. The molecule has 6 nitrogen and oxygen atoms in total. The second-order valence-corrected chi connectivity index (χ2v) is 7.91. The number of unbranched alkanes of at least 4 members (excludes halogenated alkanes) is 1. The third-order valence-corrected chi connectivity index (χ3v) is 5.77. The van der Waals surface area contributed by atoms with Gasteiger partial charge in [-0.05, 0) is 68.6 Å². The number of carbonyl (C=O) groups excluding carboxylic acids is 1. The first-order valence-electron chi connectivity index (χ1n) is 10.8. The zero-order valence-corrected chi connectivity index (χ0v) is 18.2. The van der Waals surface area contributed by atoms with Gasteiger partial charge in [0.1, 0.15) is 17.8 Å². The summed E-state index contributed by atoms with van der Waals surface area (Å²) in [6.07, 6.45) is 8.81. The number of carbonyl (C=O) groups is 1. The largest absolute Gasteiger partial charge is 0.497 e. The predicted molar refractivity (Wildman–Crippen MR) is 121 cm³/mol. The number of pyridine rings is 1. The summed E-state index contributed by atoms with van der Waals surface area (Å²) in [5.74, 6) is 1.17. The lowest BCUT2D eigenvalue weighted by Crippen LogP contribution is -2.32. The summed E-state index contributed by atoms with van der Waals surface area (Å²) >= 11 is 0. The van der Waals surface area contributed by atoms with E-state index in [1.54, 1.807) is 36.5 Å². The van der Waals surface area contributed by atoms with Crippen LogP contribution in [-0.2, 0) is 0 Å². The number of benzene rings is 1. The van der Waals surface area contributed by atoms with Gasteiger partial charge >= 0.3 is 0 Å². The Balaban J connectivity index is 1.32. The van der Waals surface area contributed by atoms with E-state index in [1.807, 2.05) is 25.3 Å². The smallest absolute Gasteiger partial charge is 0.262 e. The van der Waals surface area contributed by atoms with Crippen molar-refractivity contribution in [3.63, 3.8) is 0 Å². The molecule has 0 N–H and O–H groups in total. The monoisotopic (exact) mass is 419 g/mol. The van der Waals surface area contributed by atoms with Gasteiger partial charge in [-0.25, -0.2) is 0 Å². The van der Waals surface area contributed by atoms with Crippen LogP contribution in [0.3, 0.4) is 0 Å². The molecule has 2 aromatic rings. The molecular formula is C25H29N3O3. The van der Waals surface area contributed by atoms with E-state index in [-0.39, 0.29) is 5.91 Å². The highest BCUT2D eigenvalue weighted by Gasteiger charge is 2.25. The lowest BCUT2D eigenvalue weighted by atomic mass is 10.1. The molecule has 0 spiro atoms. The normalized spacial score (nSPS) is 16.7. The van der Waals surface area contributed by atoms with E-state index in [0.717, 1.165) is 50.3 Å². The minimum absolute atomic E-state index is 0.0431. The molecule has 0 fully saturated rings. The number of hydrogen-bond donors (Lipinski definition) is 0. The molecule has 2 aliphatic rings. The van der Waals surface area contributed by atoms with Crippen LogP contribution in [0.25, 0.3) is 5.57 Å². The molecule has 4 rings (SSSR count). The van der Waals surface area contributed by atoms with Gasteiger partial charge in [0, 0.05) is 25.8 Å². The molecule has 162 valence electrons.